The molecule has 0 N–H and O–H groups in total. The molecule has 0 saturated heterocycles. The predicted octanol–water partition coefficient (Wildman–Crippen LogP) is 4.11. The Morgan fingerprint density at radius 3 is 2.40 bits per heavy atom. The topological polar surface area (TPSA) is 86.3 Å². The van der Waals surface area contributed by atoms with Crippen molar-refractivity contribution in [2.45, 2.75) is 23.3 Å². The zero-order valence-corrected chi connectivity index (χ0v) is 25.8. The van der Waals surface area contributed by atoms with Gasteiger partial charge < -0.3 is 9.45 Å². The molecule has 1 aliphatic heterocycles. The van der Waals surface area contributed by atoms with Gasteiger partial charge in [-0.05, 0) is 36.6 Å². The first-order valence-corrected chi connectivity index (χ1v) is 16.1. The van der Waals surface area contributed by atoms with Gasteiger partial charge in [-0.15, -0.1) is 17.9 Å². The molecule has 7 nitrogen and oxygen atoms in total. The van der Waals surface area contributed by atoms with E-state index in [-0.39, 0.29) is 10.5 Å². The number of thioether (sulfide) groups is 1. The highest BCUT2D eigenvalue weighted by molar-refractivity contribution is 8.08. The van der Waals surface area contributed by atoms with Gasteiger partial charge in [-0.3, -0.25) is 9.36 Å². The number of hydrogen-bond donors (Lipinski definition) is 0. The van der Waals surface area contributed by atoms with Gasteiger partial charge in [-0.2, -0.15) is 0 Å². The highest BCUT2D eigenvalue weighted by Gasteiger charge is 2.26. The lowest BCUT2D eigenvalue weighted by atomic mass is 10.1. The minimum absolute atomic E-state index is 0.0289. The fourth-order valence-electron chi connectivity index (χ4n) is 4.62. The maximum Gasteiger partial charge on any atom is 0.272 e. The van der Waals surface area contributed by atoms with E-state index in [1.165, 1.54) is 33.5 Å². The van der Waals surface area contributed by atoms with Crippen LogP contribution < -0.4 is 24.2 Å². The average molecular weight is 616 g/mol. The first-order chi connectivity index (χ1) is 20.1. The molecule has 0 saturated carbocycles. The fourth-order valence-corrected chi connectivity index (χ4v) is 7.52. The molecule has 214 valence electrons. The van der Waals surface area contributed by atoms with Crippen LogP contribution in [0.4, 0.5) is 5.69 Å². The Hall–Kier alpha value is -3.96. The molecular weight excluding hydrogens is 587 g/mol. The number of hydrogen-bond acceptors (Lipinski definition) is 7. The number of nitrogens with zero attached hydrogens (tertiary/aromatic N) is 3. The number of benzene rings is 3. The van der Waals surface area contributed by atoms with Crippen LogP contribution in [0.3, 0.4) is 0 Å². The third kappa shape index (κ3) is 5.98. The maximum atomic E-state index is 13.4. The summed E-state index contributed by atoms with van der Waals surface area (Å²) in [4.78, 5) is 16.6. The van der Waals surface area contributed by atoms with Crippen molar-refractivity contribution in [1.82, 2.24) is 4.57 Å². The van der Waals surface area contributed by atoms with E-state index in [0.717, 1.165) is 25.5 Å². The SMILES string of the molecule is C=CCn1c(=O)/c(=C2/Sc3ccc4ccccc4c3N2C)s/c1=C/c1cccc[n+]1C.Cc1ccc(S(=O)(=O)[O-])cc1. The molecule has 10 heteroatoms. The summed E-state index contributed by atoms with van der Waals surface area (Å²) in [7, 11) is -0.208. The van der Waals surface area contributed by atoms with Gasteiger partial charge in [0.15, 0.2) is 6.20 Å². The first kappa shape index (κ1) is 29.5. The monoisotopic (exact) mass is 615 g/mol. The van der Waals surface area contributed by atoms with Crippen LogP contribution in [0, 0.1) is 6.92 Å². The third-order valence-corrected chi connectivity index (χ3v) is 10.1. The molecule has 0 aliphatic carbocycles. The molecule has 3 aromatic carbocycles. The quantitative estimate of drug-likeness (QED) is 0.172. The summed E-state index contributed by atoms with van der Waals surface area (Å²) < 4.78 is 36.7. The van der Waals surface area contributed by atoms with E-state index in [1.807, 2.05) is 47.5 Å². The zero-order chi connectivity index (χ0) is 30.0. The number of fused-ring (bicyclic) bond motifs is 3. The number of thiazole rings is 1. The first-order valence-electron chi connectivity index (χ1n) is 13.1. The van der Waals surface area contributed by atoms with Gasteiger partial charge in [-0.1, -0.05) is 65.9 Å². The van der Waals surface area contributed by atoms with Gasteiger partial charge in [0.2, 0.25) is 5.69 Å². The highest BCUT2D eigenvalue weighted by atomic mass is 32.2. The molecule has 0 radical (unpaired) electrons. The van der Waals surface area contributed by atoms with Crippen LogP contribution in [0.2, 0.25) is 0 Å². The Balaban J connectivity index is 0.000000271. The van der Waals surface area contributed by atoms with Gasteiger partial charge in [0.25, 0.3) is 5.56 Å². The lowest BCUT2D eigenvalue weighted by Gasteiger charge is -2.15. The summed E-state index contributed by atoms with van der Waals surface area (Å²) in [5.74, 6) is 0. The van der Waals surface area contributed by atoms with Crippen molar-refractivity contribution >= 4 is 60.8 Å². The number of aromatic nitrogens is 2. The van der Waals surface area contributed by atoms with Crippen LogP contribution in [0.1, 0.15) is 11.3 Å². The minimum Gasteiger partial charge on any atom is -0.744 e. The smallest absolute Gasteiger partial charge is 0.272 e. The van der Waals surface area contributed by atoms with Crippen LogP contribution >= 0.6 is 23.1 Å². The normalized spacial score (nSPS) is 14.5. The minimum atomic E-state index is -4.27. The van der Waals surface area contributed by atoms with E-state index in [2.05, 4.69) is 61.0 Å². The molecule has 0 spiro atoms. The Bertz CT molecular complexity index is 2100. The van der Waals surface area contributed by atoms with E-state index in [0.29, 0.717) is 6.54 Å². The van der Waals surface area contributed by atoms with Crippen LogP contribution in [0.25, 0.3) is 21.9 Å². The number of anilines is 1. The van der Waals surface area contributed by atoms with Crippen LogP contribution in [-0.4, -0.2) is 24.6 Å². The largest absolute Gasteiger partial charge is 0.744 e. The van der Waals surface area contributed by atoms with Crippen molar-refractivity contribution < 1.29 is 17.5 Å². The average Bonchev–Trinajstić information content (AvgIpc) is 3.46. The standard InChI is InChI=1S/C25H22N3OS2.C7H8O3S/c1-4-14-28-21(16-18-10-7-8-15-26(18)2)31-23(24(28)29)25-27(3)22-19-11-6-5-9-17(19)12-13-20(22)30-25;1-6-2-4-7(5-3-6)11(8,9)10/h4-13,15-16H,1,14H2,2-3H3;2-5H,1H3,(H,8,9,10)/q+1;/p-1/b25-23-;. The molecule has 0 fully saturated rings. The molecule has 1 aliphatic rings. The molecule has 2 aromatic heterocycles. The molecule has 3 heterocycles. The van der Waals surface area contributed by atoms with Gasteiger partial charge >= 0.3 is 0 Å². The Morgan fingerprint density at radius 1 is 1.00 bits per heavy atom. The molecule has 42 heavy (non-hydrogen) atoms. The third-order valence-electron chi connectivity index (χ3n) is 6.80. The lowest BCUT2D eigenvalue weighted by molar-refractivity contribution is -0.673. The van der Waals surface area contributed by atoms with Crippen LogP contribution in [0.15, 0.2) is 112 Å². The van der Waals surface area contributed by atoms with Gasteiger partial charge in [-0.25, -0.2) is 13.0 Å². The van der Waals surface area contributed by atoms with Crippen molar-refractivity contribution in [2.75, 3.05) is 11.9 Å². The van der Waals surface area contributed by atoms with E-state index in [4.69, 9.17) is 0 Å². The maximum absolute atomic E-state index is 13.4. The molecule has 0 amide bonds. The van der Waals surface area contributed by atoms with E-state index in [1.54, 1.807) is 41.3 Å². The van der Waals surface area contributed by atoms with E-state index < -0.39 is 10.1 Å². The van der Waals surface area contributed by atoms with Crippen LogP contribution in [0.5, 0.6) is 0 Å². The van der Waals surface area contributed by atoms with Gasteiger partial charge in [0.1, 0.15) is 31.4 Å². The summed E-state index contributed by atoms with van der Waals surface area (Å²) >= 11 is 3.21. The van der Waals surface area contributed by atoms with Crippen molar-refractivity contribution in [3.8, 4) is 0 Å². The van der Waals surface area contributed by atoms with E-state index in [9.17, 15) is 17.8 Å². The molecule has 5 aromatic rings. The summed E-state index contributed by atoms with van der Waals surface area (Å²) in [5.41, 5.74) is 3.17. The summed E-state index contributed by atoms with van der Waals surface area (Å²) in [6, 6.07) is 24.5. The van der Waals surface area contributed by atoms with E-state index >= 15 is 0 Å². The molecule has 0 atom stereocenters. The summed E-state index contributed by atoms with van der Waals surface area (Å²) in [6.45, 7) is 6.16. The molecule has 6 rings (SSSR count). The number of allylic oxidation sites excluding steroid dienone is 1. The Morgan fingerprint density at radius 2 is 1.71 bits per heavy atom. The van der Waals surface area contributed by atoms with Crippen LogP contribution in [-0.2, 0) is 23.7 Å². The van der Waals surface area contributed by atoms with Crippen molar-refractivity contribution in [1.29, 1.82) is 0 Å². The number of aryl methyl sites for hydroxylation is 2. The zero-order valence-electron chi connectivity index (χ0n) is 23.4. The molecular formula is C32H29N3O4S3. The molecule has 0 unspecified atom stereocenters. The second-order valence-electron chi connectivity index (χ2n) is 9.72. The lowest BCUT2D eigenvalue weighted by Crippen LogP contribution is -2.35. The second kappa shape index (κ2) is 12.1. The van der Waals surface area contributed by atoms with Crippen molar-refractivity contribution in [3.63, 3.8) is 0 Å². The second-order valence-corrected chi connectivity index (χ2v) is 13.2. The van der Waals surface area contributed by atoms with Gasteiger partial charge in [0, 0.05) is 42.1 Å². The number of rotatable bonds is 4. The predicted molar refractivity (Wildman–Crippen MR) is 170 cm³/mol. The molecule has 0 bridgehead atoms. The Kier molecular flexibility index (Phi) is 8.51. The highest BCUT2D eigenvalue weighted by Crippen LogP contribution is 2.48. The number of pyridine rings is 1. The summed E-state index contributed by atoms with van der Waals surface area (Å²) in [6.07, 6.45) is 5.86. The van der Waals surface area contributed by atoms with Crippen molar-refractivity contribution in [2.24, 2.45) is 7.05 Å². The fraction of sp³-hybridized carbons (Fsp3) is 0.125. The summed E-state index contributed by atoms with van der Waals surface area (Å²) in [5, 5.41) is 3.39. The van der Waals surface area contributed by atoms with Gasteiger partial charge in [0.05, 0.1) is 10.6 Å². The Labute approximate surface area is 252 Å². The van der Waals surface area contributed by atoms with Crippen molar-refractivity contribution in [3.05, 3.63) is 129 Å².